The molecular formula is C19H22O5S. The maximum absolute atomic E-state index is 11.7. The number of carboxylic acid groups (broad SMARTS) is 1. The zero-order chi connectivity index (χ0) is 18.8. The molecule has 0 saturated heterocycles. The minimum atomic E-state index is -4.36. The number of hydrogen-bond donors (Lipinski definition) is 2. The number of benzene rings is 2. The van der Waals surface area contributed by atoms with E-state index in [-0.39, 0.29) is 11.3 Å². The normalized spacial score (nSPS) is 11.6. The van der Waals surface area contributed by atoms with Gasteiger partial charge in [0.25, 0.3) is 10.1 Å². The summed E-state index contributed by atoms with van der Waals surface area (Å²) >= 11 is 0. The molecule has 2 aromatic rings. The van der Waals surface area contributed by atoms with Crippen molar-refractivity contribution in [3.05, 3.63) is 47.0 Å². The highest BCUT2D eigenvalue weighted by Crippen LogP contribution is 2.32. The number of carbonyl (C=O) groups is 1. The highest BCUT2D eigenvalue weighted by molar-refractivity contribution is 7.86. The first kappa shape index (κ1) is 19.1. The van der Waals surface area contributed by atoms with E-state index in [4.69, 9.17) is 5.11 Å². The standard InChI is InChI=1S/C19H22O5S/c1-4-15-13(3)16-10-9-14(7-5-6-8-19(20)21)12(2)17(16)11-18(15)25(22,23)24/h4,9-11H,1,5-8H2,2-3H3,(H,20,21)(H,22,23,24). The first-order chi connectivity index (χ1) is 11.7. The molecule has 0 spiro atoms. The molecule has 2 N–H and O–H groups in total. The van der Waals surface area contributed by atoms with Crippen molar-refractivity contribution in [3.8, 4) is 0 Å². The van der Waals surface area contributed by atoms with Crippen molar-refractivity contribution in [2.75, 3.05) is 0 Å². The summed E-state index contributed by atoms with van der Waals surface area (Å²) in [5.41, 5.74) is 3.14. The second-order valence-corrected chi connectivity index (χ2v) is 7.53. The van der Waals surface area contributed by atoms with Crippen molar-refractivity contribution >= 4 is 32.9 Å². The first-order valence-electron chi connectivity index (χ1n) is 8.04. The second kappa shape index (κ2) is 7.37. The Kier molecular flexibility index (Phi) is 5.65. The minimum Gasteiger partial charge on any atom is -0.481 e. The van der Waals surface area contributed by atoms with E-state index in [0.29, 0.717) is 12.0 Å². The van der Waals surface area contributed by atoms with Gasteiger partial charge in [0, 0.05) is 6.42 Å². The van der Waals surface area contributed by atoms with Crippen LogP contribution < -0.4 is 0 Å². The van der Waals surface area contributed by atoms with Gasteiger partial charge >= 0.3 is 5.97 Å². The monoisotopic (exact) mass is 362 g/mol. The van der Waals surface area contributed by atoms with Crippen molar-refractivity contribution in [1.82, 2.24) is 0 Å². The summed E-state index contributed by atoms with van der Waals surface area (Å²) in [4.78, 5) is 10.5. The number of unbranched alkanes of at least 4 members (excludes halogenated alkanes) is 1. The van der Waals surface area contributed by atoms with E-state index in [9.17, 15) is 17.8 Å². The van der Waals surface area contributed by atoms with Crippen LogP contribution in [0.4, 0.5) is 0 Å². The molecule has 0 radical (unpaired) electrons. The lowest BCUT2D eigenvalue weighted by molar-refractivity contribution is -0.137. The largest absolute Gasteiger partial charge is 0.481 e. The van der Waals surface area contributed by atoms with Crippen LogP contribution in [0.2, 0.25) is 0 Å². The summed E-state index contributed by atoms with van der Waals surface area (Å²) in [7, 11) is -4.36. The van der Waals surface area contributed by atoms with Gasteiger partial charge in [0.15, 0.2) is 0 Å². The maximum atomic E-state index is 11.7. The molecular weight excluding hydrogens is 340 g/mol. The van der Waals surface area contributed by atoms with E-state index in [1.54, 1.807) is 6.92 Å². The smallest absolute Gasteiger partial charge is 0.303 e. The molecule has 134 valence electrons. The highest BCUT2D eigenvalue weighted by atomic mass is 32.2. The van der Waals surface area contributed by atoms with E-state index in [1.807, 2.05) is 19.1 Å². The van der Waals surface area contributed by atoms with Gasteiger partial charge in [0.1, 0.15) is 4.90 Å². The molecule has 5 nitrogen and oxygen atoms in total. The third kappa shape index (κ3) is 4.08. The van der Waals surface area contributed by atoms with E-state index >= 15 is 0 Å². The summed E-state index contributed by atoms with van der Waals surface area (Å²) < 4.78 is 33.0. The first-order valence-corrected chi connectivity index (χ1v) is 9.48. The molecule has 25 heavy (non-hydrogen) atoms. The minimum absolute atomic E-state index is 0.140. The van der Waals surface area contributed by atoms with Gasteiger partial charge in [0.2, 0.25) is 0 Å². The second-order valence-electron chi connectivity index (χ2n) is 6.14. The fourth-order valence-corrected chi connectivity index (χ4v) is 3.94. The van der Waals surface area contributed by atoms with Crippen molar-refractivity contribution in [2.45, 2.75) is 44.4 Å². The van der Waals surface area contributed by atoms with Crippen LogP contribution in [0.3, 0.4) is 0 Å². The van der Waals surface area contributed by atoms with Crippen molar-refractivity contribution in [3.63, 3.8) is 0 Å². The molecule has 0 aliphatic rings. The molecule has 0 bridgehead atoms. The summed E-state index contributed by atoms with van der Waals surface area (Å²) in [5.74, 6) is -0.805. The molecule has 2 rings (SSSR count). The Morgan fingerprint density at radius 3 is 2.40 bits per heavy atom. The number of rotatable bonds is 7. The summed E-state index contributed by atoms with van der Waals surface area (Å²) in [6.45, 7) is 7.37. The SMILES string of the molecule is C=Cc1c(S(=O)(=O)O)cc2c(C)c(CCCCC(=O)O)ccc2c1C. The maximum Gasteiger partial charge on any atom is 0.303 e. The Morgan fingerprint density at radius 2 is 1.84 bits per heavy atom. The Hall–Kier alpha value is -2.18. The summed E-state index contributed by atoms with van der Waals surface area (Å²) in [6.07, 6.45) is 3.64. The predicted octanol–water partition coefficient (Wildman–Crippen LogP) is 4.14. The van der Waals surface area contributed by atoms with E-state index in [0.717, 1.165) is 40.3 Å². The Morgan fingerprint density at radius 1 is 1.16 bits per heavy atom. The average Bonchev–Trinajstić information content (AvgIpc) is 2.52. The van der Waals surface area contributed by atoms with Gasteiger partial charge in [-0.3, -0.25) is 9.35 Å². The van der Waals surface area contributed by atoms with E-state index in [2.05, 4.69) is 6.58 Å². The molecule has 0 atom stereocenters. The Bertz CT molecular complexity index is 942. The van der Waals surface area contributed by atoms with Crippen molar-refractivity contribution in [1.29, 1.82) is 0 Å². The topological polar surface area (TPSA) is 91.7 Å². The molecule has 0 unspecified atom stereocenters. The van der Waals surface area contributed by atoms with Crippen LogP contribution in [0.15, 0.2) is 29.7 Å². The van der Waals surface area contributed by atoms with E-state index in [1.165, 1.54) is 12.1 Å². The molecule has 0 saturated carbocycles. The van der Waals surface area contributed by atoms with Gasteiger partial charge < -0.3 is 5.11 Å². The zero-order valence-corrected chi connectivity index (χ0v) is 15.2. The molecule has 0 aromatic heterocycles. The van der Waals surface area contributed by atoms with Gasteiger partial charge in [-0.2, -0.15) is 8.42 Å². The fourth-order valence-electron chi connectivity index (χ4n) is 3.16. The third-order valence-corrected chi connectivity index (χ3v) is 5.44. The zero-order valence-electron chi connectivity index (χ0n) is 14.4. The van der Waals surface area contributed by atoms with Gasteiger partial charge in [-0.05, 0) is 72.2 Å². The van der Waals surface area contributed by atoms with Crippen LogP contribution >= 0.6 is 0 Å². The lowest BCUT2D eigenvalue weighted by atomic mass is 9.92. The lowest BCUT2D eigenvalue weighted by Crippen LogP contribution is -2.04. The third-order valence-electron chi connectivity index (χ3n) is 4.54. The fraction of sp³-hybridized carbons (Fsp3) is 0.316. The van der Waals surface area contributed by atoms with Crippen LogP contribution in [0.5, 0.6) is 0 Å². The molecule has 6 heteroatoms. The van der Waals surface area contributed by atoms with Crippen LogP contribution in [-0.2, 0) is 21.3 Å². The van der Waals surface area contributed by atoms with Crippen LogP contribution in [0.25, 0.3) is 16.8 Å². The Labute approximate surface area is 147 Å². The quantitative estimate of drug-likeness (QED) is 0.570. The predicted molar refractivity (Wildman–Crippen MR) is 98.5 cm³/mol. The molecule has 0 aliphatic heterocycles. The summed E-state index contributed by atoms with van der Waals surface area (Å²) in [5, 5.41) is 10.4. The Balaban J connectivity index is 2.53. The van der Waals surface area contributed by atoms with Gasteiger partial charge in [0.05, 0.1) is 0 Å². The highest BCUT2D eigenvalue weighted by Gasteiger charge is 2.19. The summed E-state index contributed by atoms with van der Waals surface area (Å²) in [6, 6.07) is 5.42. The number of aryl methyl sites for hydroxylation is 3. The van der Waals surface area contributed by atoms with Crippen molar-refractivity contribution in [2.24, 2.45) is 0 Å². The van der Waals surface area contributed by atoms with Crippen molar-refractivity contribution < 1.29 is 22.9 Å². The molecule has 0 aliphatic carbocycles. The number of aliphatic carboxylic acids is 1. The van der Waals surface area contributed by atoms with E-state index < -0.39 is 16.1 Å². The van der Waals surface area contributed by atoms with Gasteiger partial charge in [-0.1, -0.05) is 24.8 Å². The lowest BCUT2D eigenvalue weighted by Gasteiger charge is -2.15. The van der Waals surface area contributed by atoms with Crippen LogP contribution in [0.1, 0.15) is 41.5 Å². The molecule has 0 fully saturated rings. The van der Waals surface area contributed by atoms with Crippen LogP contribution in [0, 0.1) is 13.8 Å². The molecule has 0 heterocycles. The molecule has 2 aromatic carbocycles. The number of carboxylic acids is 1. The average molecular weight is 362 g/mol. The number of hydrogen-bond acceptors (Lipinski definition) is 3. The van der Waals surface area contributed by atoms with Gasteiger partial charge in [-0.15, -0.1) is 0 Å². The van der Waals surface area contributed by atoms with Crippen LogP contribution in [-0.4, -0.2) is 24.0 Å². The number of fused-ring (bicyclic) bond motifs is 1. The van der Waals surface area contributed by atoms with Gasteiger partial charge in [-0.25, -0.2) is 0 Å². The molecule has 0 amide bonds.